The van der Waals surface area contributed by atoms with Crippen molar-refractivity contribution >= 4 is 26.7 Å². The predicted octanol–water partition coefficient (Wildman–Crippen LogP) is 4.29. The van der Waals surface area contributed by atoms with Crippen molar-refractivity contribution in [3.63, 3.8) is 0 Å². The Morgan fingerprint density at radius 3 is 2.64 bits per heavy atom. The molecule has 8 heteroatoms. The number of hydrogen-bond acceptors (Lipinski definition) is 4. The van der Waals surface area contributed by atoms with Gasteiger partial charge in [0.1, 0.15) is 17.8 Å². The molecule has 5 rings (SSSR count). The molecule has 1 N–H and O–H groups in total. The summed E-state index contributed by atoms with van der Waals surface area (Å²) in [4.78, 5) is 15.8. The van der Waals surface area contributed by atoms with Crippen LogP contribution in [0.5, 0.6) is 0 Å². The second-order valence-corrected chi connectivity index (χ2v) is 11.7. The fraction of sp³-hybridized carbons (Fsp3) is 0.429. The molecule has 2 fully saturated rings. The molecule has 0 radical (unpaired) electrons. The minimum atomic E-state index is -3.97. The summed E-state index contributed by atoms with van der Waals surface area (Å²) in [7, 11) is -3.97. The SMILES string of the molecule is N#Cc1cccn1CCC(NS(=O)(=O)c1cccc2ccccc12)C(=O)N1CC[C@H]2CCCC[C@@H]2C1. The van der Waals surface area contributed by atoms with Crippen LogP contribution in [0.15, 0.2) is 65.7 Å². The van der Waals surface area contributed by atoms with E-state index in [-0.39, 0.29) is 17.2 Å². The van der Waals surface area contributed by atoms with Gasteiger partial charge < -0.3 is 9.47 Å². The van der Waals surface area contributed by atoms with Crippen molar-refractivity contribution in [3.05, 3.63) is 66.5 Å². The molecule has 1 amide bonds. The Labute approximate surface area is 212 Å². The van der Waals surface area contributed by atoms with E-state index in [4.69, 9.17) is 0 Å². The lowest BCUT2D eigenvalue weighted by Crippen LogP contribution is -2.53. The summed E-state index contributed by atoms with van der Waals surface area (Å²) in [6, 6.07) is 17.3. The van der Waals surface area contributed by atoms with E-state index >= 15 is 0 Å². The lowest BCUT2D eigenvalue weighted by Gasteiger charge is -2.42. The van der Waals surface area contributed by atoms with Gasteiger partial charge in [-0.1, -0.05) is 55.7 Å². The van der Waals surface area contributed by atoms with Gasteiger partial charge in [-0.05, 0) is 54.7 Å². The Balaban J connectivity index is 1.41. The number of fused-ring (bicyclic) bond motifs is 2. The normalized spacial score (nSPS) is 21.0. The standard InChI is InChI=1S/C28H32N4O3S/c29-19-24-11-6-16-31(24)18-15-26(28(33)32-17-14-21-7-1-2-9-23(21)20-32)30-36(34,35)27-13-5-10-22-8-3-4-12-25(22)27/h3-6,8,10-13,16,21,23,26,30H,1-2,7,9,14-15,17-18,20H2/t21-,23-,26?/m1/s1. The quantitative estimate of drug-likeness (QED) is 0.519. The Morgan fingerprint density at radius 2 is 1.81 bits per heavy atom. The van der Waals surface area contributed by atoms with Crippen LogP contribution in [0.25, 0.3) is 10.8 Å². The van der Waals surface area contributed by atoms with Gasteiger partial charge in [0.2, 0.25) is 15.9 Å². The van der Waals surface area contributed by atoms with Gasteiger partial charge in [0.05, 0.1) is 4.90 Å². The second-order valence-electron chi connectivity index (χ2n) is 10.0. The van der Waals surface area contributed by atoms with Gasteiger partial charge in [-0.15, -0.1) is 0 Å². The molecule has 2 aromatic carbocycles. The number of sulfonamides is 1. The van der Waals surface area contributed by atoms with Crippen LogP contribution in [0.2, 0.25) is 0 Å². The number of likely N-dealkylation sites (tertiary alicyclic amines) is 1. The molecule has 0 spiro atoms. The lowest BCUT2D eigenvalue weighted by molar-refractivity contribution is -0.136. The van der Waals surface area contributed by atoms with Gasteiger partial charge in [-0.2, -0.15) is 9.98 Å². The highest BCUT2D eigenvalue weighted by Crippen LogP contribution is 2.36. The third-order valence-corrected chi connectivity index (χ3v) is 9.37. The molecule has 7 nitrogen and oxygen atoms in total. The number of piperidine rings is 1. The van der Waals surface area contributed by atoms with Crippen LogP contribution in [-0.2, 0) is 21.4 Å². The minimum Gasteiger partial charge on any atom is -0.341 e. The van der Waals surface area contributed by atoms with Crippen molar-refractivity contribution in [2.75, 3.05) is 13.1 Å². The molecule has 1 saturated carbocycles. The van der Waals surface area contributed by atoms with Crippen LogP contribution >= 0.6 is 0 Å². The van der Waals surface area contributed by atoms with Crippen molar-refractivity contribution in [2.24, 2.45) is 11.8 Å². The Hall–Kier alpha value is -3.15. The first-order chi connectivity index (χ1) is 17.5. The highest BCUT2D eigenvalue weighted by Gasteiger charge is 2.36. The zero-order chi connectivity index (χ0) is 25.1. The van der Waals surface area contributed by atoms with Crippen LogP contribution < -0.4 is 4.72 Å². The summed E-state index contributed by atoms with van der Waals surface area (Å²) >= 11 is 0. The molecule has 3 atom stereocenters. The molecule has 1 aliphatic heterocycles. The molecule has 3 aromatic rings. The number of amides is 1. The van der Waals surface area contributed by atoms with E-state index < -0.39 is 16.1 Å². The molecule has 2 heterocycles. The largest absolute Gasteiger partial charge is 0.341 e. The van der Waals surface area contributed by atoms with Crippen molar-refractivity contribution in [1.82, 2.24) is 14.2 Å². The highest BCUT2D eigenvalue weighted by molar-refractivity contribution is 7.89. The lowest BCUT2D eigenvalue weighted by atomic mass is 9.75. The molecule has 1 saturated heterocycles. The van der Waals surface area contributed by atoms with Gasteiger partial charge in [-0.3, -0.25) is 4.79 Å². The molecular formula is C28H32N4O3S. The van der Waals surface area contributed by atoms with E-state index in [0.29, 0.717) is 42.6 Å². The summed E-state index contributed by atoms with van der Waals surface area (Å²) in [5, 5.41) is 10.8. The van der Waals surface area contributed by atoms with E-state index in [1.807, 2.05) is 29.2 Å². The Morgan fingerprint density at radius 1 is 1.03 bits per heavy atom. The Bertz CT molecular complexity index is 1390. The number of aryl methyl sites for hydroxylation is 1. The summed E-state index contributed by atoms with van der Waals surface area (Å²) < 4.78 is 31.7. The van der Waals surface area contributed by atoms with Gasteiger partial charge >= 0.3 is 0 Å². The summed E-state index contributed by atoms with van der Waals surface area (Å²) in [6.45, 7) is 1.73. The highest BCUT2D eigenvalue weighted by atomic mass is 32.2. The van der Waals surface area contributed by atoms with Crippen molar-refractivity contribution in [3.8, 4) is 6.07 Å². The van der Waals surface area contributed by atoms with Gasteiger partial charge in [0.25, 0.3) is 0 Å². The average Bonchev–Trinajstić information content (AvgIpc) is 3.37. The van der Waals surface area contributed by atoms with Crippen molar-refractivity contribution < 1.29 is 13.2 Å². The second kappa shape index (κ2) is 10.5. The number of nitrogens with one attached hydrogen (secondary N) is 1. The van der Waals surface area contributed by atoms with Crippen molar-refractivity contribution in [1.29, 1.82) is 5.26 Å². The predicted molar refractivity (Wildman–Crippen MR) is 138 cm³/mol. The average molecular weight is 505 g/mol. The molecule has 1 unspecified atom stereocenters. The van der Waals surface area contributed by atoms with E-state index in [2.05, 4.69) is 10.8 Å². The number of carbonyl (C=O) groups is 1. The topological polar surface area (TPSA) is 95.2 Å². The Kier molecular flexibility index (Phi) is 7.13. The summed E-state index contributed by atoms with van der Waals surface area (Å²) in [6.07, 6.45) is 7.86. The number of carbonyl (C=O) groups excluding carboxylic acids is 1. The number of hydrogen-bond donors (Lipinski definition) is 1. The summed E-state index contributed by atoms with van der Waals surface area (Å²) in [5.74, 6) is 1.00. The number of nitriles is 1. The van der Waals surface area contributed by atoms with Gasteiger partial charge in [-0.25, -0.2) is 8.42 Å². The third-order valence-electron chi connectivity index (χ3n) is 7.84. The molecule has 36 heavy (non-hydrogen) atoms. The number of rotatable bonds is 7. The van der Waals surface area contributed by atoms with Crippen LogP contribution in [0.1, 0.15) is 44.2 Å². The first kappa shape index (κ1) is 24.5. The van der Waals surface area contributed by atoms with Gasteiger partial charge in [0, 0.05) is 31.2 Å². The molecule has 1 aromatic heterocycles. The van der Waals surface area contributed by atoms with Crippen LogP contribution in [0.3, 0.4) is 0 Å². The van der Waals surface area contributed by atoms with E-state index in [0.717, 1.165) is 18.2 Å². The van der Waals surface area contributed by atoms with E-state index in [1.165, 1.54) is 19.3 Å². The zero-order valence-corrected chi connectivity index (χ0v) is 21.2. The van der Waals surface area contributed by atoms with Crippen molar-refractivity contribution in [2.45, 2.75) is 56.0 Å². The molecule has 0 bridgehead atoms. The maximum atomic E-state index is 13.8. The fourth-order valence-corrected chi connectivity index (χ4v) is 7.37. The van der Waals surface area contributed by atoms with E-state index in [9.17, 15) is 18.5 Å². The number of aromatic nitrogens is 1. The third kappa shape index (κ3) is 5.04. The van der Waals surface area contributed by atoms with Gasteiger partial charge in [0.15, 0.2) is 0 Å². The number of nitrogens with zero attached hydrogens (tertiary/aromatic N) is 3. The monoisotopic (exact) mass is 504 g/mol. The first-order valence-electron chi connectivity index (χ1n) is 12.8. The molecule has 2 aliphatic rings. The van der Waals surface area contributed by atoms with Crippen LogP contribution in [-0.4, -0.2) is 42.9 Å². The molecular weight excluding hydrogens is 472 g/mol. The maximum Gasteiger partial charge on any atom is 0.241 e. The van der Waals surface area contributed by atoms with Crippen LogP contribution in [0.4, 0.5) is 0 Å². The fourth-order valence-electron chi connectivity index (χ4n) is 5.91. The molecule has 188 valence electrons. The smallest absolute Gasteiger partial charge is 0.241 e. The maximum absolute atomic E-state index is 13.8. The number of benzene rings is 2. The zero-order valence-electron chi connectivity index (χ0n) is 20.3. The minimum absolute atomic E-state index is 0.170. The first-order valence-corrected chi connectivity index (χ1v) is 14.3. The summed E-state index contributed by atoms with van der Waals surface area (Å²) in [5.41, 5.74) is 0.487. The van der Waals surface area contributed by atoms with E-state index in [1.54, 1.807) is 41.1 Å². The molecule has 1 aliphatic carbocycles. The van der Waals surface area contributed by atoms with Crippen LogP contribution in [0, 0.1) is 23.2 Å².